The molecule has 0 saturated heterocycles. The van der Waals surface area contributed by atoms with Crippen molar-refractivity contribution in [3.05, 3.63) is 35.9 Å². The van der Waals surface area contributed by atoms with Crippen molar-refractivity contribution in [2.24, 2.45) is 0 Å². The fourth-order valence-electron chi connectivity index (χ4n) is 3.24. The average molecular weight is 304 g/mol. The normalized spacial score (nSPS) is 19.3. The van der Waals surface area contributed by atoms with E-state index in [0.29, 0.717) is 13.0 Å². The van der Waals surface area contributed by atoms with E-state index in [-0.39, 0.29) is 23.5 Å². The molecule has 1 aliphatic rings. The topological polar surface area (TPSA) is 52.6 Å². The van der Waals surface area contributed by atoms with E-state index in [0.717, 1.165) is 24.8 Å². The van der Waals surface area contributed by atoms with Gasteiger partial charge in [-0.3, -0.25) is 9.69 Å². The molecule has 0 heterocycles. The van der Waals surface area contributed by atoms with E-state index < -0.39 is 0 Å². The third-order valence-electron chi connectivity index (χ3n) is 4.87. The Labute approximate surface area is 133 Å². The Bertz CT molecular complexity index is 481. The lowest BCUT2D eigenvalue weighted by Crippen LogP contribution is -2.60. The first-order valence-corrected chi connectivity index (χ1v) is 8.14. The van der Waals surface area contributed by atoms with Gasteiger partial charge in [-0.1, -0.05) is 30.3 Å². The summed E-state index contributed by atoms with van der Waals surface area (Å²) in [6.45, 7) is 2.37. The summed E-state index contributed by atoms with van der Waals surface area (Å²) in [6, 6.07) is 10.1. The monoisotopic (exact) mass is 304 g/mol. The molecule has 1 amide bonds. The first-order chi connectivity index (χ1) is 10.5. The van der Waals surface area contributed by atoms with Gasteiger partial charge in [-0.2, -0.15) is 0 Å². The Kier molecular flexibility index (Phi) is 5.59. The fourth-order valence-corrected chi connectivity index (χ4v) is 3.24. The molecule has 0 spiro atoms. The van der Waals surface area contributed by atoms with Gasteiger partial charge >= 0.3 is 0 Å². The molecule has 2 unspecified atom stereocenters. The number of aliphatic hydroxyl groups excluding tert-OH is 1. The van der Waals surface area contributed by atoms with Gasteiger partial charge in [0.05, 0.1) is 11.6 Å². The number of aliphatic hydroxyl groups is 1. The molecule has 1 aromatic rings. The molecule has 2 N–H and O–H groups in total. The number of amides is 1. The molecule has 1 aromatic carbocycles. The van der Waals surface area contributed by atoms with Crippen molar-refractivity contribution in [3.63, 3.8) is 0 Å². The maximum Gasteiger partial charge on any atom is 0.240 e. The predicted octanol–water partition coefficient (Wildman–Crippen LogP) is 2.14. The number of benzene rings is 1. The quantitative estimate of drug-likeness (QED) is 0.811. The highest BCUT2D eigenvalue weighted by molar-refractivity contribution is 5.87. The summed E-state index contributed by atoms with van der Waals surface area (Å²) in [5.41, 5.74) is 0.836. The first-order valence-electron chi connectivity index (χ1n) is 8.14. The van der Waals surface area contributed by atoms with Gasteiger partial charge in [-0.15, -0.1) is 0 Å². The number of nitrogens with zero attached hydrogens (tertiary/aromatic N) is 1. The maximum atomic E-state index is 12.6. The summed E-state index contributed by atoms with van der Waals surface area (Å²) in [7, 11) is 3.95. The molecule has 2 rings (SSSR count). The highest BCUT2D eigenvalue weighted by atomic mass is 16.3. The molecular formula is C18H28N2O2. The summed E-state index contributed by atoms with van der Waals surface area (Å²) < 4.78 is 0. The summed E-state index contributed by atoms with van der Waals surface area (Å²) in [6.07, 6.45) is 3.24. The Hall–Kier alpha value is -1.39. The number of carbonyl (C=O) groups excluding carboxylic acids is 1. The highest BCUT2D eigenvalue weighted by Gasteiger charge is 2.46. The van der Waals surface area contributed by atoms with E-state index >= 15 is 0 Å². The summed E-state index contributed by atoms with van der Waals surface area (Å²) in [4.78, 5) is 14.6. The molecule has 122 valence electrons. The van der Waals surface area contributed by atoms with Crippen molar-refractivity contribution in [3.8, 4) is 0 Å². The lowest BCUT2D eigenvalue weighted by atomic mass is 9.75. The van der Waals surface area contributed by atoms with Crippen LogP contribution < -0.4 is 5.32 Å². The van der Waals surface area contributed by atoms with E-state index in [1.165, 1.54) is 0 Å². The highest BCUT2D eigenvalue weighted by Crippen LogP contribution is 2.36. The van der Waals surface area contributed by atoms with Crippen molar-refractivity contribution >= 4 is 5.91 Å². The van der Waals surface area contributed by atoms with Crippen LogP contribution in [0.4, 0.5) is 0 Å². The van der Waals surface area contributed by atoms with Crippen LogP contribution in [-0.2, 0) is 4.79 Å². The van der Waals surface area contributed by atoms with Crippen LogP contribution in [0.15, 0.2) is 30.3 Å². The van der Waals surface area contributed by atoms with Crippen molar-refractivity contribution in [1.82, 2.24) is 10.2 Å². The van der Waals surface area contributed by atoms with Gasteiger partial charge in [0.15, 0.2) is 0 Å². The number of hydrogen-bond donors (Lipinski definition) is 2. The van der Waals surface area contributed by atoms with Gasteiger partial charge in [-0.25, -0.2) is 0 Å². The summed E-state index contributed by atoms with van der Waals surface area (Å²) in [5, 5.41) is 12.9. The zero-order valence-corrected chi connectivity index (χ0v) is 13.9. The molecule has 0 bridgehead atoms. The Morgan fingerprint density at radius 3 is 2.41 bits per heavy atom. The second-order valence-electron chi connectivity index (χ2n) is 6.68. The smallest absolute Gasteiger partial charge is 0.240 e. The number of nitrogens with one attached hydrogen (secondary N) is 1. The molecule has 2 atom stereocenters. The number of hydrogen-bond acceptors (Lipinski definition) is 3. The third-order valence-corrected chi connectivity index (χ3v) is 4.87. The molecule has 1 fully saturated rings. The number of rotatable bonds is 7. The van der Waals surface area contributed by atoms with E-state index in [2.05, 4.69) is 17.4 Å². The van der Waals surface area contributed by atoms with Gasteiger partial charge in [0.2, 0.25) is 5.91 Å². The minimum Gasteiger partial charge on any atom is -0.393 e. The van der Waals surface area contributed by atoms with Crippen LogP contribution in [0, 0.1) is 0 Å². The number of carbonyl (C=O) groups is 1. The SMILES string of the molecule is CC(O)CC(CNC(=O)C1(N(C)C)CCC1)c1ccccc1. The Morgan fingerprint density at radius 1 is 1.32 bits per heavy atom. The predicted molar refractivity (Wildman–Crippen MR) is 88.8 cm³/mol. The molecule has 1 saturated carbocycles. The van der Waals surface area contributed by atoms with Gasteiger partial charge in [0.25, 0.3) is 0 Å². The molecule has 22 heavy (non-hydrogen) atoms. The Morgan fingerprint density at radius 2 is 1.95 bits per heavy atom. The van der Waals surface area contributed by atoms with Crippen LogP contribution in [-0.4, -0.2) is 48.2 Å². The molecule has 4 nitrogen and oxygen atoms in total. The van der Waals surface area contributed by atoms with Gasteiger partial charge in [0.1, 0.15) is 0 Å². The van der Waals surface area contributed by atoms with Crippen LogP contribution >= 0.6 is 0 Å². The van der Waals surface area contributed by atoms with Crippen LogP contribution in [0.3, 0.4) is 0 Å². The molecule has 0 aliphatic heterocycles. The van der Waals surface area contributed by atoms with Crippen LogP contribution in [0.1, 0.15) is 44.1 Å². The summed E-state index contributed by atoms with van der Waals surface area (Å²) >= 11 is 0. The zero-order valence-electron chi connectivity index (χ0n) is 13.9. The van der Waals surface area contributed by atoms with Crippen molar-refractivity contribution in [1.29, 1.82) is 0 Å². The van der Waals surface area contributed by atoms with Gasteiger partial charge in [0, 0.05) is 12.5 Å². The molecule has 1 aliphatic carbocycles. The van der Waals surface area contributed by atoms with Gasteiger partial charge < -0.3 is 10.4 Å². The molecule has 4 heteroatoms. The van der Waals surface area contributed by atoms with Crippen molar-refractivity contribution in [2.45, 2.75) is 50.2 Å². The maximum absolute atomic E-state index is 12.6. The molecule has 0 aromatic heterocycles. The van der Waals surface area contributed by atoms with E-state index in [9.17, 15) is 9.90 Å². The summed E-state index contributed by atoms with van der Waals surface area (Å²) in [5.74, 6) is 0.264. The third kappa shape index (κ3) is 3.68. The van der Waals surface area contributed by atoms with E-state index in [1.807, 2.05) is 37.2 Å². The second-order valence-corrected chi connectivity index (χ2v) is 6.68. The number of likely N-dealkylation sites (N-methyl/N-ethyl adjacent to an activating group) is 1. The largest absolute Gasteiger partial charge is 0.393 e. The zero-order chi connectivity index (χ0) is 16.2. The minimum absolute atomic E-state index is 0.121. The Balaban J connectivity index is 2.01. The molecular weight excluding hydrogens is 276 g/mol. The molecule has 0 radical (unpaired) electrons. The van der Waals surface area contributed by atoms with Crippen molar-refractivity contribution in [2.75, 3.05) is 20.6 Å². The fraction of sp³-hybridized carbons (Fsp3) is 0.611. The van der Waals surface area contributed by atoms with Crippen LogP contribution in [0.5, 0.6) is 0 Å². The average Bonchev–Trinajstić information content (AvgIpc) is 2.42. The standard InChI is InChI=1S/C18H28N2O2/c1-14(21)12-16(15-8-5-4-6-9-15)13-19-17(22)18(20(2)3)10-7-11-18/h4-6,8-9,14,16,21H,7,10-13H2,1-3H3,(H,19,22). The van der Waals surface area contributed by atoms with Gasteiger partial charge in [-0.05, 0) is 52.3 Å². The lowest BCUT2D eigenvalue weighted by molar-refractivity contribution is -0.137. The van der Waals surface area contributed by atoms with Crippen molar-refractivity contribution < 1.29 is 9.90 Å². The van der Waals surface area contributed by atoms with Crippen LogP contribution in [0.25, 0.3) is 0 Å². The van der Waals surface area contributed by atoms with E-state index in [1.54, 1.807) is 6.92 Å². The second kappa shape index (κ2) is 7.25. The minimum atomic E-state index is -0.381. The van der Waals surface area contributed by atoms with Crippen LogP contribution in [0.2, 0.25) is 0 Å². The first kappa shape index (κ1) is 17.0. The lowest BCUT2D eigenvalue weighted by Gasteiger charge is -2.45. The van der Waals surface area contributed by atoms with E-state index in [4.69, 9.17) is 0 Å².